The van der Waals surface area contributed by atoms with E-state index in [-0.39, 0.29) is 12.3 Å². The first kappa shape index (κ1) is 16.1. The van der Waals surface area contributed by atoms with Crippen LogP contribution in [0.3, 0.4) is 0 Å². The standard InChI is InChI=1S/C17H15F3N4O/c18-17(19,20)16(21-11-25-23-16)14-6-7-15-13(8-14)10-24(22-15)9-12-4-2-1-3-5-12/h1-8,10,21,23H,9,11H2. The van der Waals surface area contributed by atoms with E-state index in [0.717, 1.165) is 5.56 Å². The highest BCUT2D eigenvalue weighted by Gasteiger charge is 2.59. The molecule has 1 fully saturated rings. The van der Waals surface area contributed by atoms with Crippen molar-refractivity contribution in [2.24, 2.45) is 0 Å². The minimum Gasteiger partial charge on any atom is -0.284 e. The summed E-state index contributed by atoms with van der Waals surface area (Å²) in [4.78, 5) is 4.74. The molecule has 0 bridgehead atoms. The minimum atomic E-state index is -4.56. The molecule has 1 aliphatic rings. The number of fused-ring (bicyclic) bond motifs is 1. The van der Waals surface area contributed by atoms with Crippen LogP contribution in [0.25, 0.3) is 10.9 Å². The van der Waals surface area contributed by atoms with Gasteiger partial charge in [-0.1, -0.05) is 36.4 Å². The lowest BCUT2D eigenvalue weighted by atomic mass is 9.98. The fraction of sp³-hybridized carbons (Fsp3) is 0.235. The van der Waals surface area contributed by atoms with Crippen LogP contribution in [0, 0.1) is 0 Å². The number of nitrogens with zero attached hydrogens (tertiary/aromatic N) is 2. The van der Waals surface area contributed by atoms with Gasteiger partial charge in [-0.2, -0.15) is 23.8 Å². The molecule has 0 saturated carbocycles. The smallest absolute Gasteiger partial charge is 0.284 e. The Hall–Kier alpha value is -2.42. The summed E-state index contributed by atoms with van der Waals surface area (Å²) >= 11 is 0. The zero-order valence-electron chi connectivity index (χ0n) is 13.0. The van der Waals surface area contributed by atoms with Gasteiger partial charge in [-0.3, -0.25) is 14.8 Å². The third-order valence-electron chi connectivity index (χ3n) is 4.23. The van der Waals surface area contributed by atoms with E-state index in [9.17, 15) is 13.2 Å². The van der Waals surface area contributed by atoms with Crippen molar-refractivity contribution in [3.63, 3.8) is 0 Å². The lowest BCUT2D eigenvalue weighted by molar-refractivity contribution is -0.216. The molecule has 0 spiro atoms. The highest BCUT2D eigenvalue weighted by Crippen LogP contribution is 2.39. The Morgan fingerprint density at radius 2 is 1.96 bits per heavy atom. The number of hydrogen-bond donors (Lipinski definition) is 2. The number of hydrogen-bond acceptors (Lipinski definition) is 4. The molecular weight excluding hydrogens is 333 g/mol. The van der Waals surface area contributed by atoms with Gasteiger partial charge in [-0.15, -0.1) is 0 Å². The molecule has 8 heteroatoms. The molecule has 1 aromatic heterocycles. The summed E-state index contributed by atoms with van der Waals surface area (Å²) in [5.74, 6) is 0. The molecule has 0 aliphatic carbocycles. The summed E-state index contributed by atoms with van der Waals surface area (Å²) in [7, 11) is 0. The molecule has 4 rings (SSSR count). The maximum atomic E-state index is 13.6. The quantitative estimate of drug-likeness (QED) is 0.764. The predicted molar refractivity (Wildman–Crippen MR) is 85.2 cm³/mol. The summed E-state index contributed by atoms with van der Waals surface area (Å²) in [6.45, 7) is 0.319. The Bertz CT molecular complexity index is 886. The number of hydroxylamine groups is 1. The van der Waals surface area contributed by atoms with Crippen LogP contribution in [0.1, 0.15) is 11.1 Å². The summed E-state index contributed by atoms with van der Waals surface area (Å²) in [5, 5.41) is 7.41. The van der Waals surface area contributed by atoms with Crippen LogP contribution in [0.5, 0.6) is 0 Å². The highest BCUT2D eigenvalue weighted by atomic mass is 19.4. The number of aromatic nitrogens is 2. The second-order valence-electron chi connectivity index (χ2n) is 5.90. The van der Waals surface area contributed by atoms with E-state index in [1.165, 1.54) is 12.1 Å². The molecule has 1 unspecified atom stereocenters. The minimum absolute atomic E-state index is 0.0317. The van der Waals surface area contributed by atoms with Crippen LogP contribution in [0.2, 0.25) is 0 Å². The summed E-state index contributed by atoms with van der Waals surface area (Å²) in [6.07, 6.45) is -2.82. The number of halogens is 3. The average molecular weight is 348 g/mol. The molecule has 0 amide bonds. The van der Waals surface area contributed by atoms with E-state index >= 15 is 0 Å². The third-order valence-corrected chi connectivity index (χ3v) is 4.23. The van der Waals surface area contributed by atoms with Crippen LogP contribution >= 0.6 is 0 Å². The van der Waals surface area contributed by atoms with Gasteiger partial charge < -0.3 is 0 Å². The van der Waals surface area contributed by atoms with Crippen LogP contribution in [-0.2, 0) is 17.0 Å². The van der Waals surface area contributed by atoms with E-state index in [1.54, 1.807) is 16.9 Å². The van der Waals surface area contributed by atoms with Crippen molar-refractivity contribution in [3.05, 3.63) is 65.9 Å². The van der Waals surface area contributed by atoms with E-state index < -0.39 is 11.8 Å². The first-order valence-electron chi connectivity index (χ1n) is 7.70. The van der Waals surface area contributed by atoms with Gasteiger partial charge >= 0.3 is 6.18 Å². The number of alkyl halides is 3. The average Bonchev–Trinajstić information content (AvgIpc) is 3.21. The second-order valence-corrected chi connectivity index (χ2v) is 5.90. The van der Waals surface area contributed by atoms with Crippen LogP contribution in [0.4, 0.5) is 13.2 Å². The molecule has 2 N–H and O–H groups in total. The van der Waals surface area contributed by atoms with Gasteiger partial charge in [0.25, 0.3) is 0 Å². The van der Waals surface area contributed by atoms with Gasteiger partial charge in [0, 0.05) is 11.6 Å². The van der Waals surface area contributed by atoms with Crippen LogP contribution < -0.4 is 10.8 Å². The van der Waals surface area contributed by atoms with Crippen molar-refractivity contribution in [3.8, 4) is 0 Å². The zero-order valence-corrected chi connectivity index (χ0v) is 13.0. The van der Waals surface area contributed by atoms with E-state index in [4.69, 9.17) is 4.84 Å². The predicted octanol–water partition coefficient (Wildman–Crippen LogP) is 2.88. The van der Waals surface area contributed by atoms with Crippen molar-refractivity contribution in [2.75, 3.05) is 6.73 Å². The van der Waals surface area contributed by atoms with Gasteiger partial charge in [0.1, 0.15) is 6.73 Å². The molecule has 25 heavy (non-hydrogen) atoms. The van der Waals surface area contributed by atoms with Crippen molar-refractivity contribution < 1.29 is 18.0 Å². The normalized spacial score (nSPS) is 21.1. The van der Waals surface area contributed by atoms with Crippen LogP contribution in [-0.4, -0.2) is 22.7 Å². The molecule has 5 nitrogen and oxygen atoms in total. The zero-order chi connectivity index (χ0) is 17.5. The van der Waals surface area contributed by atoms with E-state index in [2.05, 4.69) is 15.9 Å². The molecule has 2 aromatic carbocycles. The van der Waals surface area contributed by atoms with Gasteiger partial charge in [0.05, 0.1) is 12.1 Å². The Morgan fingerprint density at radius 1 is 1.16 bits per heavy atom. The Morgan fingerprint density at radius 3 is 2.64 bits per heavy atom. The first-order valence-corrected chi connectivity index (χ1v) is 7.70. The largest absolute Gasteiger partial charge is 0.426 e. The van der Waals surface area contributed by atoms with Crippen molar-refractivity contribution in [2.45, 2.75) is 18.4 Å². The summed E-state index contributed by atoms with van der Waals surface area (Å²) in [5.41, 5.74) is 1.39. The number of rotatable bonds is 3. The fourth-order valence-electron chi connectivity index (χ4n) is 2.97. The lowest BCUT2D eigenvalue weighted by Crippen LogP contribution is -2.57. The molecule has 1 saturated heterocycles. The molecule has 130 valence electrons. The van der Waals surface area contributed by atoms with Gasteiger partial charge in [-0.25, -0.2) is 0 Å². The Balaban J connectivity index is 1.71. The number of benzene rings is 2. The highest BCUT2D eigenvalue weighted by molar-refractivity contribution is 5.79. The summed E-state index contributed by atoms with van der Waals surface area (Å²) in [6, 6.07) is 14.2. The van der Waals surface area contributed by atoms with Crippen molar-refractivity contribution in [1.82, 2.24) is 20.6 Å². The molecule has 0 radical (unpaired) electrons. The molecule has 1 aliphatic heterocycles. The van der Waals surface area contributed by atoms with E-state index in [0.29, 0.717) is 17.4 Å². The van der Waals surface area contributed by atoms with Crippen molar-refractivity contribution in [1.29, 1.82) is 0 Å². The van der Waals surface area contributed by atoms with E-state index in [1.807, 2.05) is 30.3 Å². The van der Waals surface area contributed by atoms with Gasteiger partial charge in [-0.05, 0) is 23.3 Å². The van der Waals surface area contributed by atoms with Gasteiger partial charge in [0.15, 0.2) is 0 Å². The van der Waals surface area contributed by atoms with Crippen molar-refractivity contribution >= 4 is 10.9 Å². The van der Waals surface area contributed by atoms with Crippen LogP contribution in [0.15, 0.2) is 54.7 Å². The molecule has 1 atom stereocenters. The molecular formula is C17H15F3N4O. The topological polar surface area (TPSA) is 51.1 Å². The third kappa shape index (κ3) is 2.78. The molecule has 3 aromatic rings. The second kappa shape index (κ2) is 5.83. The van der Waals surface area contributed by atoms with Gasteiger partial charge in [0.2, 0.25) is 5.66 Å². The summed E-state index contributed by atoms with van der Waals surface area (Å²) < 4.78 is 42.4. The Kier molecular flexibility index (Phi) is 3.75. The number of nitrogens with one attached hydrogen (secondary N) is 2. The fourth-order valence-corrected chi connectivity index (χ4v) is 2.97. The monoisotopic (exact) mass is 348 g/mol. The SMILES string of the molecule is FC(F)(F)C1(c2ccc3nn(Cc4ccccc4)cc3c2)NCON1. The Labute approximate surface area is 141 Å². The lowest BCUT2D eigenvalue weighted by Gasteiger charge is -2.30. The maximum Gasteiger partial charge on any atom is 0.426 e. The maximum absolute atomic E-state index is 13.6. The first-order chi connectivity index (χ1) is 12.0. The molecule has 2 heterocycles.